The molecule has 1 saturated heterocycles. The van der Waals surface area contributed by atoms with Crippen molar-refractivity contribution in [2.75, 3.05) is 6.54 Å². The van der Waals surface area contributed by atoms with Gasteiger partial charge in [-0.25, -0.2) is 0 Å². The van der Waals surface area contributed by atoms with E-state index in [-0.39, 0.29) is 11.9 Å². The second-order valence-electron chi connectivity index (χ2n) is 6.00. The Morgan fingerprint density at radius 1 is 1.50 bits per heavy atom. The Labute approximate surface area is 130 Å². The summed E-state index contributed by atoms with van der Waals surface area (Å²) in [5.41, 5.74) is 1.50. The van der Waals surface area contributed by atoms with Crippen LogP contribution in [0.25, 0.3) is 0 Å². The van der Waals surface area contributed by atoms with E-state index in [0.29, 0.717) is 18.2 Å². The van der Waals surface area contributed by atoms with Gasteiger partial charge in [-0.15, -0.1) is 0 Å². The van der Waals surface area contributed by atoms with Gasteiger partial charge in [-0.2, -0.15) is 5.10 Å². The van der Waals surface area contributed by atoms with Gasteiger partial charge in [0.15, 0.2) is 0 Å². The maximum atomic E-state index is 12.8. The molecule has 3 heterocycles. The van der Waals surface area contributed by atoms with Crippen molar-refractivity contribution >= 4 is 5.91 Å². The minimum atomic E-state index is 0.00366. The lowest BCUT2D eigenvalue weighted by Crippen LogP contribution is -2.32. The first-order valence-corrected chi connectivity index (χ1v) is 7.91. The molecule has 0 aliphatic carbocycles. The van der Waals surface area contributed by atoms with Gasteiger partial charge >= 0.3 is 0 Å². The Kier molecular flexibility index (Phi) is 4.00. The van der Waals surface area contributed by atoms with Crippen molar-refractivity contribution in [3.8, 4) is 0 Å². The molecule has 0 radical (unpaired) electrons. The molecule has 2 aromatic heterocycles. The summed E-state index contributed by atoms with van der Waals surface area (Å²) in [6, 6.07) is 3.77. The van der Waals surface area contributed by atoms with Crippen molar-refractivity contribution in [1.82, 2.24) is 19.8 Å². The lowest BCUT2D eigenvalue weighted by atomic mass is 10.1. The van der Waals surface area contributed by atoms with Crippen LogP contribution in [0.2, 0.25) is 0 Å². The number of carbonyl (C=O) groups excluding carboxylic acids is 1. The van der Waals surface area contributed by atoms with Crippen LogP contribution < -0.4 is 0 Å². The van der Waals surface area contributed by atoms with E-state index in [4.69, 9.17) is 4.52 Å². The summed E-state index contributed by atoms with van der Waals surface area (Å²) >= 11 is 0. The van der Waals surface area contributed by atoms with Gasteiger partial charge in [0.05, 0.1) is 6.04 Å². The molecule has 6 heteroatoms. The Balaban J connectivity index is 1.85. The van der Waals surface area contributed by atoms with Crippen LogP contribution in [0.5, 0.6) is 0 Å². The summed E-state index contributed by atoms with van der Waals surface area (Å²) in [7, 11) is 0. The van der Waals surface area contributed by atoms with Gasteiger partial charge < -0.3 is 9.42 Å². The molecule has 0 N–H and O–H groups in total. The zero-order valence-electron chi connectivity index (χ0n) is 13.3. The zero-order valence-corrected chi connectivity index (χ0v) is 13.3. The SMILES string of the molecule is CCn1nccc1C(=O)N1CCC[C@@H]1c1cc(C(C)C)on1. The van der Waals surface area contributed by atoms with Crippen LogP contribution in [0.15, 0.2) is 22.9 Å². The average Bonchev–Trinajstić information content (AvgIpc) is 3.23. The normalized spacial score (nSPS) is 18.4. The average molecular weight is 302 g/mol. The van der Waals surface area contributed by atoms with Crippen LogP contribution >= 0.6 is 0 Å². The van der Waals surface area contributed by atoms with E-state index in [1.165, 1.54) is 0 Å². The minimum absolute atomic E-state index is 0.00366. The first-order chi connectivity index (χ1) is 10.6. The van der Waals surface area contributed by atoms with Crippen molar-refractivity contribution in [2.45, 2.75) is 52.1 Å². The van der Waals surface area contributed by atoms with Crippen molar-refractivity contribution in [2.24, 2.45) is 0 Å². The fourth-order valence-corrected chi connectivity index (χ4v) is 2.96. The summed E-state index contributed by atoms with van der Waals surface area (Å²) in [6.45, 7) is 7.57. The zero-order chi connectivity index (χ0) is 15.7. The molecule has 1 fully saturated rings. The van der Waals surface area contributed by atoms with Crippen molar-refractivity contribution in [1.29, 1.82) is 0 Å². The van der Waals surface area contributed by atoms with Crippen LogP contribution in [-0.2, 0) is 6.54 Å². The molecule has 6 nitrogen and oxygen atoms in total. The van der Waals surface area contributed by atoms with Crippen LogP contribution in [0.4, 0.5) is 0 Å². The van der Waals surface area contributed by atoms with E-state index >= 15 is 0 Å². The number of likely N-dealkylation sites (tertiary alicyclic amines) is 1. The number of aromatic nitrogens is 3. The molecule has 0 bridgehead atoms. The first-order valence-electron chi connectivity index (χ1n) is 7.91. The molecule has 22 heavy (non-hydrogen) atoms. The predicted octanol–water partition coefficient (Wildman–Crippen LogP) is 2.99. The molecule has 0 spiro atoms. The smallest absolute Gasteiger partial charge is 0.272 e. The third kappa shape index (κ3) is 2.53. The topological polar surface area (TPSA) is 64.2 Å². The second kappa shape index (κ2) is 5.94. The van der Waals surface area contributed by atoms with Gasteiger partial charge in [0.1, 0.15) is 17.1 Å². The number of carbonyl (C=O) groups is 1. The summed E-state index contributed by atoms with van der Waals surface area (Å²) < 4.78 is 7.13. The van der Waals surface area contributed by atoms with E-state index in [1.54, 1.807) is 16.9 Å². The Bertz CT molecular complexity index is 659. The maximum absolute atomic E-state index is 12.8. The van der Waals surface area contributed by atoms with Crippen LogP contribution in [0.1, 0.15) is 67.5 Å². The Hall–Kier alpha value is -2.11. The molecular weight excluding hydrogens is 280 g/mol. The quantitative estimate of drug-likeness (QED) is 0.871. The van der Waals surface area contributed by atoms with Crippen LogP contribution in [0.3, 0.4) is 0 Å². The van der Waals surface area contributed by atoms with Crippen molar-refractivity contribution < 1.29 is 9.32 Å². The van der Waals surface area contributed by atoms with E-state index in [1.807, 2.05) is 17.9 Å². The van der Waals surface area contributed by atoms with Crippen molar-refractivity contribution in [3.63, 3.8) is 0 Å². The molecule has 1 amide bonds. The minimum Gasteiger partial charge on any atom is -0.361 e. The van der Waals surface area contributed by atoms with Gasteiger partial charge in [-0.1, -0.05) is 19.0 Å². The molecule has 118 valence electrons. The highest BCUT2D eigenvalue weighted by molar-refractivity contribution is 5.93. The van der Waals surface area contributed by atoms with E-state index in [2.05, 4.69) is 24.1 Å². The highest BCUT2D eigenvalue weighted by atomic mass is 16.5. The molecule has 0 saturated carbocycles. The molecule has 2 aromatic rings. The lowest BCUT2D eigenvalue weighted by Gasteiger charge is -2.23. The van der Waals surface area contributed by atoms with Gasteiger partial charge in [0.25, 0.3) is 5.91 Å². The molecule has 1 aliphatic rings. The fraction of sp³-hybridized carbons (Fsp3) is 0.562. The molecule has 0 aromatic carbocycles. The van der Waals surface area contributed by atoms with Crippen molar-refractivity contribution in [3.05, 3.63) is 35.5 Å². The number of amides is 1. The summed E-state index contributed by atoms with van der Waals surface area (Å²) in [5.74, 6) is 1.19. The van der Waals surface area contributed by atoms with E-state index in [9.17, 15) is 4.79 Å². The number of rotatable bonds is 4. The van der Waals surface area contributed by atoms with E-state index in [0.717, 1.165) is 30.8 Å². The molecule has 3 rings (SSSR count). The highest BCUT2D eigenvalue weighted by Gasteiger charge is 2.34. The summed E-state index contributed by atoms with van der Waals surface area (Å²) in [4.78, 5) is 14.7. The molecule has 1 aliphatic heterocycles. The van der Waals surface area contributed by atoms with Gasteiger partial charge in [0.2, 0.25) is 0 Å². The third-order valence-electron chi connectivity index (χ3n) is 4.21. The van der Waals surface area contributed by atoms with E-state index < -0.39 is 0 Å². The number of nitrogens with zero attached hydrogens (tertiary/aromatic N) is 4. The largest absolute Gasteiger partial charge is 0.361 e. The third-order valence-corrected chi connectivity index (χ3v) is 4.21. The number of hydrogen-bond donors (Lipinski definition) is 0. The molecule has 0 unspecified atom stereocenters. The molecular formula is C16H22N4O2. The fourth-order valence-electron chi connectivity index (χ4n) is 2.96. The Morgan fingerprint density at radius 3 is 3.00 bits per heavy atom. The van der Waals surface area contributed by atoms with Crippen LogP contribution in [-0.4, -0.2) is 32.3 Å². The monoisotopic (exact) mass is 302 g/mol. The van der Waals surface area contributed by atoms with Crippen LogP contribution in [0, 0.1) is 0 Å². The lowest BCUT2D eigenvalue weighted by molar-refractivity contribution is 0.0718. The first kappa shape index (κ1) is 14.8. The number of aryl methyl sites for hydroxylation is 1. The molecule has 1 atom stereocenters. The summed E-state index contributed by atoms with van der Waals surface area (Å²) in [5, 5.41) is 8.37. The Morgan fingerprint density at radius 2 is 2.32 bits per heavy atom. The highest BCUT2D eigenvalue weighted by Crippen LogP contribution is 2.33. The van der Waals surface area contributed by atoms with Gasteiger partial charge in [-0.3, -0.25) is 9.48 Å². The second-order valence-corrected chi connectivity index (χ2v) is 6.00. The number of hydrogen-bond acceptors (Lipinski definition) is 4. The summed E-state index contributed by atoms with van der Waals surface area (Å²) in [6.07, 6.45) is 3.59. The van der Waals surface area contributed by atoms with Gasteiger partial charge in [-0.05, 0) is 25.8 Å². The maximum Gasteiger partial charge on any atom is 0.272 e. The predicted molar refractivity (Wildman–Crippen MR) is 81.5 cm³/mol. The standard InChI is InChI=1S/C16H22N4O2/c1-4-20-14(7-8-17-20)16(21)19-9-5-6-13(19)12-10-15(11(2)3)22-18-12/h7-8,10-11,13H,4-6,9H2,1-3H3/t13-/m1/s1. The van der Waals surface area contributed by atoms with Gasteiger partial charge in [0, 0.05) is 31.3 Å².